The van der Waals surface area contributed by atoms with E-state index in [0.29, 0.717) is 5.69 Å². The maximum atomic E-state index is 13.0. The van der Waals surface area contributed by atoms with E-state index in [1.165, 1.54) is 30.8 Å². The van der Waals surface area contributed by atoms with Crippen LogP contribution in [0.2, 0.25) is 0 Å². The Morgan fingerprint density at radius 2 is 1.47 bits per heavy atom. The van der Waals surface area contributed by atoms with Gasteiger partial charge in [0.05, 0.1) is 5.69 Å². The van der Waals surface area contributed by atoms with E-state index in [1.807, 2.05) is 0 Å². The van der Waals surface area contributed by atoms with Gasteiger partial charge in [0.2, 0.25) is 0 Å². The second-order valence-electron chi connectivity index (χ2n) is 7.27. The molecule has 0 aliphatic rings. The van der Waals surface area contributed by atoms with Crippen LogP contribution in [0.3, 0.4) is 0 Å². The van der Waals surface area contributed by atoms with Crippen LogP contribution in [-0.4, -0.2) is 22.1 Å². The molecule has 0 N–H and O–H groups in total. The van der Waals surface area contributed by atoms with Crippen molar-refractivity contribution in [3.05, 3.63) is 97.4 Å². The van der Waals surface area contributed by atoms with Crippen LogP contribution in [0, 0.1) is 6.92 Å². The Morgan fingerprint density at radius 1 is 0.844 bits per heavy atom. The molecule has 0 bridgehead atoms. The van der Waals surface area contributed by atoms with Crippen molar-refractivity contribution in [1.82, 2.24) is 13.7 Å². The van der Waals surface area contributed by atoms with Gasteiger partial charge in [-0.25, -0.2) is 4.79 Å². The van der Waals surface area contributed by atoms with Crippen LogP contribution in [-0.2, 0) is 24.2 Å². The minimum absolute atomic E-state index is 0.0779. The average molecular weight is 453 g/mol. The molecule has 164 valence electrons. The Labute approximate surface area is 182 Å². The van der Waals surface area contributed by atoms with Gasteiger partial charge < -0.3 is 4.18 Å². The number of hydrogen-bond acceptors (Lipinski definition) is 6. The second-order valence-corrected chi connectivity index (χ2v) is 8.82. The molecule has 2 aromatic heterocycles. The minimum Gasteiger partial charge on any atom is -0.378 e. The summed E-state index contributed by atoms with van der Waals surface area (Å²) in [6.45, 7) is 1.80. The number of aromatic nitrogens is 3. The van der Waals surface area contributed by atoms with Crippen molar-refractivity contribution < 1.29 is 12.6 Å². The van der Waals surface area contributed by atoms with Crippen LogP contribution in [0.25, 0.3) is 16.7 Å². The van der Waals surface area contributed by atoms with Gasteiger partial charge in [-0.3, -0.25) is 23.3 Å². The molecule has 2 heterocycles. The first-order chi connectivity index (χ1) is 15.1. The van der Waals surface area contributed by atoms with Crippen LogP contribution in [0.15, 0.2) is 79.9 Å². The molecule has 0 saturated heterocycles. The van der Waals surface area contributed by atoms with E-state index < -0.39 is 32.7 Å². The fourth-order valence-electron chi connectivity index (χ4n) is 3.43. The van der Waals surface area contributed by atoms with Gasteiger partial charge in [0.25, 0.3) is 11.1 Å². The van der Waals surface area contributed by atoms with Gasteiger partial charge in [0.1, 0.15) is 15.9 Å². The summed E-state index contributed by atoms with van der Waals surface area (Å²) in [7, 11) is -1.70. The molecule has 32 heavy (non-hydrogen) atoms. The number of nitrogens with zero attached hydrogens (tertiary/aromatic N) is 3. The summed E-state index contributed by atoms with van der Waals surface area (Å²) < 4.78 is 34.1. The molecule has 0 aliphatic heterocycles. The van der Waals surface area contributed by atoms with E-state index in [4.69, 9.17) is 4.18 Å². The van der Waals surface area contributed by atoms with Gasteiger partial charge in [0, 0.05) is 20.2 Å². The lowest BCUT2D eigenvalue weighted by Crippen LogP contribution is -2.39. The monoisotopic (exact) mass is 453 g/mol. The largest absolute Gasteiger partial charge is 0.378 e. The fraction of sp³-hybridized carbons (Fsp3) is 0.136. The molecule has 0 aliphatic carbocycles. The predicted octanol–water partition coefficient (Wildman–Crippen LogP) is 1.46. The van der Waals surface area contributed by atoms with Crippen molar-refractivity contribution in [3.63, 3.8) is 0 Å². The molecule has 2 aromatic carbocycles. The topological polar surface area (TPSA) is 109 Å². The molecular formula is C22H19N3O6S. The first-order valence-electron chi connectivity index (χ1n) is 9.54. The summed E-state index contributed by atoms with van der Waals surface area (Å²) in [4.78, 5) is 38.6. The predicted molar refractivity (Wildman–Crippen MR) is 119 cm³/mol. The minimum atomic E-state index is -4.35. The van der Waals surface area contributed by atoms with Gasteiger partial charge in [0.15, 0.2) is 5.75 Å². The maximum absolute atomic E-state index is 13.0. The highest BCUT2D eigenvalue weighted by Gasteiger charge is 2.24. The Kier molecular flexibility index (Phi) is 5.09. The van der Waals surface area contributed by atoms with Crippen molar-refractivity contribution in [2.24, 2.45) is 14.1 Å². The first-order valence-corrected chi connectivity index (χ1v) is 10.9. The molecule has 0 saturated carbocycles. The third kappa shape index (κ3) is 3.44. The van der Waals surface area contributed by atoms with Gasteiger partial charge in [-0.2, -0.15) is 8.42 Å². The van der Waals surface area contributed by atoms with Gasteiger partial charge in [-0.15, -0.1) is 0 Å². The smallest absolute Gasteiger partial charge is 0.339 e. The number of aryl methyl sites for hydroxylation is 2. The Balaban J connectivity index is 2.08. The average Bonchev–Trinajstić information content (AvgIpc) is 2.76. The van der Waals surface area contributed by atoms with Crippen molar-refractivity contribution in [2.45, 2.75) is 11.8 Å². The number of hydrogen-bond donors (Lipinski definition) is 0. The zero-order valence-corrected chi connectivity index (χ0v) is 18.3. The normalized spacial score (nSPS) is 11.6. The van der Waals surface area contributed by atoms with E-state index in [-0.39, 0.29) is 15.9 Å². The lowest BCUT2D eigenvalue weighted by molar-refractivity contribution is 0.487. The van der Waals surface area contributed by atoms with Crippen molar-refractivity contribution in [3.8, 4) is 11.4 Å². The van der Waals surface area contributed by atoms with E-state index in [9.17, 15) is 22.8 Å². The first kappa shape index (κ1) is 21.3. The molecular weight excluding hydrogens is 434 g/mol. The summed E-state index contributed by atoms with van der Waals surface area (Å²) in [6.07, 6.45) is 0. The van der Waals surface area contributed by atoms with E-state index >= 15 is 0 Å². The highest BCUT2D eigenvalue weighted by molar-refractivity contribution is 7.87. The molecule has 4 rings (SSSR count). The molecule has 0 fully saturated rings. The third-order valence-electron chi connectivity index (χ3n) is 5.09. The van der Waals surface area contributed by atoms with Crippen LogP contribution in [0.4, 0.5) is 0 Å². The number of benzene rings is 2. The lowest BCUT2D eigenvalue weighted by atomic mass is 10.2. The Bertz CT molecular complexity index is 1630. The van der Waals surface area contributed by atoms with Gasteiger partial charge >= 0.3 is 15.8 Å². The SMILES string of the molecule is Cc1ccc(S(=O)(=O)Oc2cc(=O)n(-c3ccccc3)c3c2c(=O)n(C)c(=O)n3C)cc1. The zero-order valence-electron chi connectivity index (χ0n) is 17.5. The number of rotatable bonds is 4. The van der Waals surface area contributed by atoms with Crippen LogP contribution < -0.4 is 21.0 Å². The Morgan fingerprint density at radius 3 is 2.09 bits per heavy atom. The summed E-state index contributed by atoms with van der Waals surface area (Å²) in [5.41, 5.74) is -0.957. The van der Waals surface area contributed by atoms with E-state index in [1.54, 1.807) is 49.4 Å². The third-order valence-corrected chi connectivity index (χ3v) is 6.34. The van der Waals surface area contributed by atoms with Crippen LogP contribution >= 0.6 is 0 Å². The van der Waals surface area contributed by atoms with Gasteiger partial charge in [-0.05, 0) is 31.2 Å². The van der Waals surface area contributed by atoms with Crippen molar-refractivity contribution >= 4 is 21.2 Å². The van der Waals surface area contributed by atoms with E-state index in [2.05, 4.69) is 0 Å². The number of fused-ring (bicyclic) bond motifs is 1. The van der Waals surface area contributed by atoms with E-state index in [0.717, 1.165) is 20.8 Å². The molecule has 0 unspecified atom stereocenters. The quantitative estimate of drug-likeness (QED) is 0.433. The molecule has 4 aromatic rings. The highest BCUT2D eigenvalue weighted by Crippen LogP contribution is 2.25. The summed E-state index contributed by atoms with van der Waals surface area (Å²) >= 11 is 0. The van der Waals surface area contributed by atoms with Crippen LogP contribution in [0.5, 0.6) is 5.75 Å². The number of para-hydroxylation sites is 1. The maximum Gasteiger partial charge on any atom is 0.339 e. The zero-order chi connectivity index (χ0) is 23.2. The fourth-order valence-corrected chi connectivity index (χ4v) is 4.36. The summed E-state index contributed by atoms with van der Waals surface area (Å²) in [5, 5.41) is -0.214. The molecule has 0 atom stereocenters. The standard InChI is InChI=1S/C22H19N3O6S/c1-14-9-11-16(12-10-14)32(29,30)31-17-13-18(26)25(15-7-5-4-6-8-15)20-19(17)21(27)24(3)22(28)23(20)2/h4-13H,1-3H3. The second kappa shape index (κ2) is 7.65. The molecule has 0 radical (unpaired) electrons. The molecule has 9 nitrogen and oxygen atoms in total. The molecule has 10 heteroatoms. The summed E-state index contributed by atoms with van der Waals surface area (Å²) in [5.74, 6) is -0.450. The van der Waals surface area contributed by atoms with Crippen molar-refractivity contribution in [2.75, 3.05) is 0 Å². The molecule has 0 spiro atoms. The Hall–Kier alpha value is -3.92. The van der Waals surface area contributed by atoms with Crippen LogP contribution in [0.1, 0.15) is 5.56 Å². The van der Waals surface area contributed by atoms with Gasteiger partial charge in [-0.1, -0.05) is 35.9 Å². The highest BCUT2D eigenvalue weighted by atomic mass is 32.2. The van der Waals surface area contributed by atoms with Crippen molar-refractivity contribution in [1.29, 1.82) is 0 Å². The summed E-state index contributed by atoms with van der Waals surface area (Å²) in [6, 6.07) is 15.3. The number of pyridine rings is 1. The lowest BCUT2D eigenvalue weighted by Gasteiger charge is -2.17. The molecule has 0 amide bonds.